The Morgan fingerprint density at radius 1 is 1.10 bits per heavy atom. The summed E-state index contributed by atoms with van der Waals surface area (Å²) in [6, 6.07) is 15.6. The molecule has 2 aromatic carbocycles. The minimum atomic E-state index is -0.129. The van der Waals surface area contributed by atoms with Gasteiger partial charge in [0.1, 0.15) is 5.52 Å². The Hall–Kier alpha value is -3.41. The number of H-pyrrole nitrogens is 1. The third kappa shape index (κ3) is 3.66. The number of hydrogen-bond acceptors (Lipinski definition) is 4. The molecule has 6 nitrogen and oxygen atoms in total. The average molecular weight is 386 g/mol. The lowest BCUT2D eigenvalue weighted by molar-refractivity contribution is 0.0950. The highest BCUT2D eigenvalue weighted by molar-refractivity contribution is 5.97. The highest BCUT2D eigenvalue weighted by atomic mass is 16.3. The second-order valence-corrected chi connectivity index (χ2v) is 7.44. The number of carbonyl (C=O) groups excluding carboxylic acids is 1. The number of benzene rings is 2. The van der Waals surface area contributed by atoms with Crippen molar-refractivity contribution in [3.8, 4) is 0 Å². The highest BCUT2D eigenvalue weighted by Gasteiger charge is 2.19. The number of aryl methyl sites for hydroxylation is 3. The first-order valence-corrected chi connectivity index (χ1v) is 10.0. The first-order valence-electron chi connectivity index (χ1n) is 10.0. The summed E-state index contributed by atoms with van der Waals surface area (Å²) in [4.78, 5) is 17.2. The molecule has 0 bridgehead atoms. The van der Waals surface area contributed by atoms with Gasteiger partial charge in [-0.1, -0.05) is 30.3 Å². The van der Waals surface area contributed by atoms with Crippen LogP contribution in [0.15, 0.2) is 52.9 Å². The molecule has 1 aliphatic rings. The van der Waals surface area contributed by atoms with Crippen LogP contribution in [0.5, 0.6) is 0 Å². The fraction of sp³-hybridized carbons (Fsp3) is 0.261. The van der Waals surface area contributed by atoms with Gasteiger partial charge in [0.05, 0.1) is 12.2 Å². The van der Waals surface area contributed by atoms with E-state index in [4.69, 9.17) is 4.42 Å². The Balaban J connectivity index is 1.26. The first kappa shape index (κ1) is 17.7. The van der Waals surface area contributed by atoms with Crippen molar-refractivity contribution in [2.24, 2.45) is 0 Å². The predicted octanol–water partition coefficient (Wildman–Crippen LogP) is 3.75. The van der Waals surface area contributed by atoms with E-state index in [1.54, 1.807) is 12.1 Å². The van der Waals surface area contributed by atoms with Gasteiger partial charge in [0.25, 0.3) is 5.91 Å². The SMILES string of the molecule is O=C(NCc1n[nH]c2c1CCC2)c1ccc2oc(CCc3ccccc3)nc2c1. The van der Waals surface area contributed by atoms with Crippen LogP contribution in [0.25, 0.3) is 11.1 Å². The number of carbonyl (C=O) groups is 1. The van der Waals surface area contributed by atoms with Gasteiger partial charge in [0.2, 0.25) is 0 Å². The lowest BCUT2D eigenvalue weighted by Crippen LogP contribution is -2.23. The van der Waals surface area contributed by atoms with Gasteiger partial charge >= 0.3 is 0 Å². The molecule has 29 heavy (non-hydrogen) atoms. The zero-order chi connectivity index (χ0) is 19.6. The van der Waals surface area contributed by atoms with E-state index in [-0.39, 0.29) is 5.91 Å². The topological polar surface area (TPSA) is 83.8 Å². The first-order chi connectivity index (χ1) is 14.3. The molecule has 2 aromatic heterocycles. The molecular weight excluding hydrogens is 364 g/mol. The number of rotatable bonds is 6. The number of nitrogens with zero attached hydrogens (tertiary/aromatic N) is 2. The van der Waals surface area contributed by atoms with Gasteiger partial charge in [-0.2, -0.15) is 5.10 Å². The van der Waals surface area contributed by atoms with Crippen molar-refractivity contribution >= 4 is 17.0 Å². The number of aromatic amines is 1. The Labute approximate surface area is 168 Å². The monoisotopic (exact) mass is 386 g/mol. The minimum absolute atomic E-state index is 0.129. The predicted molar refractivity (Wildman–Crippen MR) is 110 cm³/mol. The lowest BCUT2D eigenvalue weighted by Gasteiger charge is -2.04. The summed E-state index contributed by atoms with van der Waals surface area (Å²) < 4.78 is 5.84. The van der Waals surface area contributed by atoms with Gasteiger partial charge in [0.15, 0.2) is 11.5 Å². The second kappa shape index (κ2) is 7.54. The van der Waals surface area contributed by atoms with Gasteiger partial charge in [-0.25, -0.2) is 4.98 Å². The largest absolute Gasteiger partial charge is 0.441 e. The standard InChI is InChI=1S/C23H22N4O2/c28-23(24-14-20-17-7-4-8-18(17)26-27-20)16-10-11-21-19(13-16)25-22(29-21)12-9-15-5-2-1-3-6-15/h1-3,5-6,10-11,13H,4,7-9,12,14H2,(H,24,28)(H,26,27). The van der Waals surface area contributed by atoms with Crippen molar-refractivity contribution in [2.75, 3.05) is 0 Å². The summed E-state index contributed by atoms with van der Waals surface area (Å²) in [6.07, 6.45) is 4.83. The van der Waals surface area contributed by atoms with Crippen molar-refractivity contribution in [3.05, 3.63) is 82.5 Å². The number of amides is 1. The molecule has 4 aromatic rings. The van der Waals surface area contributed by atoms with E-state index in [0.717, 1.165) is 37.8 Å². The third-order valence-corrected chi connectivity index (χ3v) is 5.47. The zero-order valence-corrected chi connectivity index (χ0v) is 16.1. The van der Waals surface area contributed by atoms with Crippen LogP contribution in [0.2, 0.25) is 0 Å². The fourth-order valence-electron chi connectivity index (χ4n) is 3.92. The molecule has 1 aliphatic carbocycles. The van der Waals surface area contributed by atoms with Gasteiger partial charge in [-0.3, -0.25) is 9.89 Å². The lowest BCUT2D eigenvalue weighted by atomic mass is 10.1. The van der Waals surface area contributed by atoms with Crippen molar-refractivity contribution in [3.63, 3.8) is 0 Å². The molecular formula is C23H22N4O2. The Bertz CT molecular complexity index is 1160. The average Bonchev–Trinajstić information content (AvgIpc) is 3.46. The normalized spacial score (nSPS) is 13.0. The number of nitrogens with one attached hydrogen (secondary N) is 2. The summed E-state index contributed by atoms with van der Waals surface area (Å²) in [5.74, 6) is 0.559. The quantitative estimate of drug-likeness (QED) is 0.529. The maximum Gasteiger partial charge on any atom is 0.251 e. The van der Waals surface area contributed by atoms with E-state index in [2.05, 4.69) is 32.6 Å². The molecule has 0 fully saturated rings. The summed E-state index contributed by atoms with van der Waals surface area (Å²) in [5.41, 5.74) is 6.65. The van der Waals surface area contributed by atoms with Crippen molar-refractivity contribution in [2.45, 2.75) is 38.6 Å². The maximum absolute atomic E-state index is 12.6. The van der Waals surface area contributed by atoms with Crippen LogP contribution in [0.3, 0.4) is 0 Å². The summed E-state index contributed by atoms with van der Waals surface area (Å²) in [5, 5.41) is 10.4. The Morgan fingerprint density at radius 2 is 2.00 bits per heavy atom. The number of aromatic nitrogens is 3. The molecule has 2 N–H and O–H groups in total. The third-order valence-electron chi connectivity index (χ3n) is 5.47. The van der Waals surface area contributed by atoms with E-state index >= 15 is 0 Å². The van der Waals surface area contributed by atoms with E-state index in [1.807, 2.05) is 24.3 Å². The molecule has 146 valence electrons. The van der Waals surface area contributed by atoms with E-state index in [0.29, 0.717) is 29.1 Å². The molecule has 6 heteroatoms. The maximum atomic E-state index is 12.6. The van der Waals surface area contributed by atoms with E-state index < -0.39 is 0 Å². The molecule has 0 saturated heterocycles. The van der Waals surface area contributed by atoms with Crippen LogP contribution in [-0.2, 0) is 32.2 Å². The van der Waals surface area contributed by atoms with Crippen LogP contribution in [0.1, 0.15) is 45.2 Å². The van der Waals surface area contributed by atoms with Crippen LogP contribution in [0.4, 0.5) is 0 Å². The number of hydrogen-bond donors (Lipinski definition) is 2. The molecule has 0 spiro atoms. The molecule has 0 saturated carbocycles. The van der Waals surface area contributed by atoms with Gasteiger partial charge in [0, 0.05) is 17.7 Å². The summed E-state index contributed by atoms with van der Waals surface area (Å²) >= 11 is 0. The summed E-state index contributed by atoms with van der Waals surface area (Å²) in [6.45, 7) is 0.434. The summed E-state index contributed by atoms with van der Waals surface area (Å²) in [7, 11) is 0. The fourth-order valence-corrected chi connectivity index (χ4v) is 3.92. The van der Waals surface area contributed by atoms with Crippen LogP contribution < -0.4 is 5.32 Å². The molecule has 0 aliphatic heterocycles. The van der Waals surface area contributed by atoms with E-state index in [9.17, 15) is 4.79 Å². The molecule has 0 unspecified atom stereocenters. The molecule has 0 radical (unpaired) electrons. The number of fused-ring (bicyclic) bond motifs is 2. The Kier molecular flexibility index (Phi) is 4.60. The smallest absolute Gasteiger partial charge is 0.251 e. The zero-order valence-electron chi connectivity index (χ0n) is 16.1. The van der Waals surface area contributed by atoms with E-state index in [1.165, 1.54) is 16.8 Å². The second-order valence-electron chi connectivity index (χ2n) is 7.44. The molecule has 5 rings (SSSR count). The molecule has 2 heterocycles. The van der Waals surface area contributed by atoms with Crippen LogP contribution in [0, 0.1) is 0 Å². The van der Waals surface area contributed by atoms with Crippen LogP contribution in [-0.4, -0.2) is 21.1 Å². The molecule has 1 amide bonds. The van der Waals surface area contributed by atoms with Crippen molar-refractivity contribution in [1.29, 1.82) is 0 Å². The van der Waals surface area contributed by atoms with Gasteiger partial charge in [-0.05, 0) is 55.0 Å². The Morgan fingerprint density at radius 3 is 2.90 bits per heavy atom. The highest BCUT2D eigenvalue weighted by Crippen LogP contribution is 2.23. The van der Waals surface area contributed by atoms with Crippen molar-refractivity contribution < 1.29 is 9.21 Å². The van der Waals surface area contributed by atoms with Crippen molar-refractivity contribution in [1.82, 2.24) is 20.5 Å². The molecule has 0 atom stereocenters. The van der Waals surface area contributed by atoms with Crippen LogP contribution >= 0.6 is 0 Å². The van der Waals surface area contributed by atoms with Gasteiger partial charge in [-0.15, -0.1) is 0 Å². The minimum Gasteiger partial charge on any atom is -0.441 e. The number of oxazole rings is 1. The van der Waals surface area contributed by atoms with Gasteiger partial charge < -0.3 is 9.73 Å².